The van der Waals surface area contributed by atoms with Crippen LogP contribution in [0.4, 0.5) is 0 Å². The van der Waals surface area contributed by atoms with Crippen LogP contribution in [0.5, 0.6) is 0 Å². The fourth-order valence-corrected chi connectivity index (χ4v) is 4.61. The molecule has 6 rings (SSSR count). The Bertz CT molecular complexity index is 1760. The third kappa shape index (κ3) is 5.16. The average Bonchev–Trinajstić information content (AvgIpc) is 3.63. The quantitative estimate of drug-likeness (QED) is 0.217. The van der Waals surface area contributed by atoms with Gasteiger partial charge in [0.15, 0.2) is 5.84 Å². The van der Waals surface area contributed by atoms with E-state index in [1.165, 1.54) is 6.08 Å². The van der Waals surface area contributed by atoms with Crippen LogP contribution in [-0.4, -0.2) is 16.2 Å². The largest absolute Gasteiger partial charge is 0.238 e. The maximum Gasteiger partial charge on any atom is 0.181 e. The van der Waals surface area contributed by atoms with Gasteiger partial charge in [-0.25, -0.2) is 9.67 Å². The monoisotopic (exact) mass is 500 g/mol. The third-order valence-electron chi connectivity index (χ3n) is 6.57. The van der Waals surface area contributed by atoms with Gasteiger partial charge in [0.25, 0.3) is 0 Å². The molecule has 4 aromatic carbocycles. The van der Waals surface area contributed by atoms with Crippen molar-refractivity contribution >= 4 is 23.2 Å². The number of allylic oxidation sites excluding steroid dienone is 2. The number of aliphatic imine (C=N–C) groups is 1. The van der Waals surface area contributed by atoms with Crippen molar-refractivity contribution in [3.05, 3.63) is 156 Å². The number of hydrogen-bond acceptors (Lipinski definition) is 2. The van der Waals surface area contributed by atoms with Gasteiger partial charge in [-0.15, -0.1) is 5.10 Å². The highest BCUT2D eigenvalue weighted by molar-refractivity contribution is 6.37. The fourth-order valence-electron chi connectivity index (χ4n) is 4.61. The van der Waals surface area contributed by atoms with E-state index in [0.717, 1.165) is 50.4 Å². The van der Waals surface area contributed by atoms with Crippen molar-refractivity contribution in [1.82, 2.24) is 4.68 Å². The first-order valence-corrected chi connectivity index (χ1v) is 12.7. The molecule has 39 heavy (non-hydrogen) atoms. The van der Waals surface area contributed by atoms with Gasteiger partial charge in [0, 0.05) is 34.5 Å². The molecule has 0 saturated heterocycles. The van der Waals surface area contributed by atoms with Gasteiger partial charge in [-0.1, -0.05) is 115 Å². The van der Waals surface area contributed by atoms with Crippen LogP contribution in [-0.2, 0) is 0 Å². The molecule has 1 aliphatic rings. The predicted molar refractivity (Wildman–Crippen MR) is 160 cm³/mol. The molecule has 4 nitrogen and oxygen atoms in total. The van der Waals surface area contributed by atoms with Gasteiger partial charge in [0.1, 0.15) is 0 Å². The van der Waals surface area contributed by atoms with Crippen LogP contribution in [0, 0.1) is 11.3 Å². The molecular formula is C35H24N4. The topological polar surface area (TPSA) is 53.4 Å². The maximum absolute atomic E-state index is 8.87. The molecule has 184 valence electrons. The summed E-state index contributed by atoms with van der Waals surface area (Å²) >= 11 is 0. The van der Waals surface area contributed by atoms with Crippen molar-refractivity contribution in [3.63, 3.8) is 0 Å². The molecule has 0 unspecified atom stereocenters. The summed E-state index contributed by atoms with van der Waals surface area (Å²) in [4.78, 5) is 5.00. The number of amidine groups is 1. The molecule has 2 heterocycles. The lowest BCUT2D eigenvalue weighted by atomic mass is 10.0. The standard InChI is InChI=1S/C35H24N4/c36-22-10-11-26-18-20-28(21-19-26)32-24-33(29-14-6-2-7-15-29)37-35(32)38-39-25-31(27-12-4-1-5-13-27)23-34(39)30-16-8-3-9-17-30/h1-21,23-25H/b11-10+,38-35-. The highest BCUT2D eigenvalue weighted by atomic mass is 15.4. The number of aromatic nitrogens is 1. The van der Waals surface area contributed by atoms with Crippen LogP contribution < -0.4 is 0 Å². The van der Waals surface area contributed by atoms with E-state index < -0.39 is 0 Å². The third-order valence-corrected chi connectivity index (χ3v) is 6.57. The van der Waals surface area contributed by atoms with Crippen molar-refractivity contribution < 1.29 is 0 Å². The van der Waals surface area contributed by atoms with E-state index >= 15 is 0 Å². The molecule has 0 atom stereocenters. The van der Waals surface area contributed by atoms with Crippen LogP contribution in [0.3, 0.4) is 0 Å². The molecule has 0 bridgehead atoms. The van der Waals surface area contributed by atoms with Gasteiger partial charge in [-0.3, -0.25) is 0 Å². The van der Waals surface area contributed by atoms with E-state index in [0.29, 0.717) is 5.84 Å². The van der Waals surface area contributed by atoms with E-state index in [1.54, 1.807) is 6.08 Å². The molecule has 0 spiro atoms. The molecule has 0 amide bonds. The summed E-state index contributed by atoms with van der Waals surface area (Å²) in [6.07, 6.45) is 7.44. The Morgan fingerprint density at radius 1 is 0.667 bits per heavy atom. The highest BCUT2D eigenvalue weighted by Crippen LogP contribution is 2.31. The summed E-state index contributed by atoms with van der Waals surface area (Å²) in [5.74, 6) is 0.640. The number of hydrogen-bond donors (Lipinski definition) is 0. The molecule has 0 saturated carbocycles. The van der Waals surface area contributed by atoms with Crippen LogP contribution in [0.1, 0.15) is 16.7 Å². The van der Waals surface area contributed by atoms with Crippen molar-refractivity contribution in [3.8, 4) is 28.5 Å². The zero-order valence-electron chi connectivity index (χ0n) is 21.1. The zero-order valence-corrected chi connectivity index (χ0v) is 21.1. The van der Waals surface area contributed by atoms with Crippen molar-refractivity contribution in [2.24, 2.45) is 10.1 Å². The molecule has 4 heteroatoms. The normalized spacial score (nSPS) is 13.9. The number of nitriles is 1. The summed E-state index contributed by atoms with van der Waals surface area (Å²) in [5.41, 5.74) is 9.10. The predicted octanol–water partition coefficient (Wildman–Crippen LogP) is 8.11. The SMILES string of the molecule is N#C/C=C/c1ccc(C2=CC(c3ccccc3)=N/C2=N\n2cc(-c3ccccc3)cc2-c2ccccc2)cc1. The van der Waals surface area contributed by atoms with Gasteiger partial charge in [0.2, 0.25) is 0 Å². The van der Waals surface area contributed by atoms with Gasteiger partial charge < -0.3 is 0 Å². The first kappa shape index (κ1) is 23.8. The minimum Gasteiger partial charge on any atom is -0.238 e. The Labute approximate surface area is 227 Å². The maximum atomic E-state index is 8.87. The van der Waals surface area contributed by atoms with Crippen LogP contribution in [0.15, 0.2) is 150 Å². The second-order valence-electron chi connectivity index (χ2n) is 9.12. The van der Waals surface area contributed by atoms with E-state index in [9.17, 15) is 0 Å². The first-order valence-electron chi connectivity index (χ1n) is 12.7. The molecular weight excluding hydrogens is 476 g/mol. The summed E-state index contributed by atoms with van der Waals surface area (Å²) in [6.45, 7) is 0. The lowest BCUT2D eigenvalue weighted by Gasteiger charge is -2.07. The lowest BCUT2D eigenvalue weighted by molar-refractivity contribution is 0.897. The molecule has 0 N–H and O–H groups in total. The van der Waals surface area contributed by atoms with Gasteiger partial charge in [-0.05, 0) is 34.9 Å². The Hall–Kier alpha value is -5.53. The lowest BCUT2D eigenvalue weighted by Crippen LogP contribution is -2.01. The molecule has 0 aliphatic carbocycles. The summed E-state index contributed by atoms with van der Waals surface area (Å²) in [5, 5.41) is 14.0. The number of benzene rings is 4. The zero-order chi connectivity index (χ0) is 26.4. The van der Waals surface area contributed by atoms with E-state index in [1.807, 2.05) is 89.6 Å². The summed E-state index contributed by atoms with van der Waals surface area (Å²) < 4.78 is 1.93. The second-order valence-corrected chi connectivity index (χ2v) is 9.12. The van der Waals surface area contributed by atoms with Gasteiger partial charge in [-0.2, -0.15) is 5.26 Å². The van der Waals surface area contributed by atoms with Gasteiger partial charge in [0.05, 0.1) is 17.5 Å². The fraction of sp³-hybridized carbons (Fsp3) is 0. The van der Waals surface area contributed by atoms with Crippen LogP contribution in [0.25, 0.3) is 34.0 Å². The van der Waals surface area contributed by atoms with E-state index in [-0.39, 0.29) is 0 Å². The van der Waals surface area contributed by atoms with Crippen LogP contribution >= 0.6 is 0 Å². The summed E-state index contributed by atoms with van der Waals surface area (Å²) in [7, 11) is 0. The van der Waals surface area contributed by atoms with E-state index in [4.69, 9.17) is 15.4 Å². The Kier molecular flexibility index (Phi) is 6.63. The molecule has 0 radical (unpaired) electrons. The minimum atomic E-state index is 0.640. The van der Waals surface area contributed by atoms with E-state index in [2.05, 4.69) is 54.7 Å². The first-order chi connectivity index (χ1) is 19.3. The Morgan fingerprint density at radius 2 is 1.28 bits per heavy atom. The molecule has 1 aromatic heterocycles. The molecule has 5 aromatic rings. The minimum absolute atomic E-state index is 0.640. The highest BCUT2D eigenvalue weighted by Gasteiger charge is 2.20. The molecule has 1 aliphatic heterocycles. The van der Waals surface area contributed by atoms with Crippen molar-refractivity contribution in [1.29, 1.82) is 5.26 Å². The van der Waals surface area contributed by atoms with Crippen LogP contribution in [0.2, 0.25) is 0 Å². The number of rotatable bonds is 6. The second kappa shape index (κ2) is 10.8. The van der Waals surface area contributed by atoms with Crippen molar-refractivity contribution in [2.75, 3.05) is 0 Å². The summed E-state index contributed by atoms with van der Waals surface area (Å²) in [6, 6.07) is 43.1. The Balaban J connectivity index is 1.49. The molecule has 0 fully saturated rings. The van der Waals surface area contributed by atoms with Gasteiger partial charge >= 0.3 is 0 Å². The smallest absolute Gasteiger partial charge is 0.181 e. The Morgan fingerprint density at radius 3 is 1.92 bits per heavy atom. The number of nitrogens with zero attached hydrogens (tertiary/aromatic N) is 4. The average molecular weight is 501 g/mol. The van der Waals surface area contributed by atoms with Crippen molar-refractivity contribution in [2.45, 2.75) is 0 Å².